The lowest BCUT2D eigenvalue weighted by atomic mass is 9.72. The molecule has 2 rings (SSSR count). The maximum Gasteiger partial charge on any atom is 0.157 e. The molecule has 1 aromatic rings. The number of benzene rings is 1. The molecule has 1 aliphatic carbocycles. The average Bonchev–Trinajstić information content (AvgIpc) is 2.48. The molecule has 21 heavy (non-hydrogen) atoms. The summed E-state index contributed by atoms with van der Waals surface area (Å²) in [5.41, 5.74) is 2.24. The Morgan fingerprint density at radius 2 is 1.67 bits per heavy atom. The Bertz CT molecular complexity index is 467. The molecule has 0 amide bonds. The Hall–Kier alpha value is -1.15. The van der Waals surface area contributed by atoms with Gasteiger partial charge in [-0.15, -0.1) is 0 Å². The van der Waals surface area contributed by atoms with Crippen LogP contribution in [0.25, 0.3) is 0 Å². The van der Waals surface area contributed by atoms with Gasteiger partial charge in [0.25, 0.3) is 0 Å². The van der Waals surface area contributed by atoms with Gasteiger partial charge in [-0.25, -0.2) is 0 Å². The molecule has 116 valence electrons. The van der Waals surface area contributed by atoms with Crippen LogP contribution in [-0.2, 0) is 17.6 Å². The van der Waals surface area contributed by atoms with Crippen LogP contribution in [0.2, 0.25) is 0 Å². The molecule has 0 bridgehead atoms. The Labute approximate surface area is 129 Å². The van der Waals surface area contributed by atoms with Crippen molar-refractivity contribution in [3.8, 4) is 0 Å². The summed E-state index contributed by atoms with van der Waals surface area (Å²) in [4.78, 5) is 15.1. The second kappa shape index (κ2) is 6.74. The standard InChI is InChI=1S/C19H29NO/c1-5-16-6-8-17(9-7-16)14-18(21)19(20(3)4)12-10-15(2)11-13-19/h6-9,15H,5,10-14H2,1-4H3. The fourth-order valence-corrected chi connectivity index (χ4v) is 3.46. The number of rotatable bonds is 5. The van der Waals surface area contributed by atoms with Gasteiger partial charge in [-0.3, -0.25) is 9.69 Å². The second-order valence-corrected chi connectivity index (χ2v) is 6.88. The monoisotopic (exact) mass is 287 g/mol. The molecule has 0 unspecified atom stereocenters. The van der Waals surface area contributed by atoms with Gasteiger partial charge in [0.1, 0.15) is 0 Å². The summed E-state index contributed by atoms with van der Waals surface area (Å²) in [7, 11) is 4.13. The van der Waals surface area contributed by atoms with Crippen molar-refractivity contribution < 1.29 is 4.79 Å². The van der Waals surface area contributed by atoms with Crippen LogP contribution >= 0.6 is 0 Å². The minimum Gasteiger partial charge on any atom is -0.297 e. The smallest absolute Gasteiger partial charge is 0.157 e. The molecule has 1 aliphatic rings. The van der Waals surface area contributed by atoms with E-state index in [9.17, 15) is 4.79 Å². The molecule has 0 atom stereocenters. The molecule has 0 radical (unpaired) electrons. The normalized spacial score (nSPS) is 26.0. The molecule has 0 N–H and O–H groups in total. The molecule has 0 aromatic heterocycles. The molecular formula is C19H29NO. The van der Waals surface area contributed by atoms with Crippen LogP contribution in [-0.4, -0.2) is 30.3 Å². The van der Waals surface area contributed by atoms with E-state index in [0.29, 0.717) is 12.2 Å². The highest BCUT2D eigenvalue weighted by molar-refractivity contribution is 5.90. The van der Waals surface area contributed by atoms with Gasteiger partial charge in [-0.2, -0.15) is 0 Å². The summed E-state index contributed by atoms with van der Waals surface area (Å²) in [5, 5.41) is 0. The number of ketones is 1. The van der Waals surface area contributed by atoms with E-state index in [-0.39, 0.29) is 5.54 Å². The summed E-state index contributed by atoms with van der Waals surface area (Å²) < 4.78 is 0. The average molecular weight is 287 g/mol. The van der Waals surface area contributed by atoms with E-state index >= 15 is 0 Å². The van der Waals surface area contributed by atoms with Crippen molar-refractivity contribution in [1.82, 2.24) is 4.90 Å². The van der Waals surface area contributed by atoms with Crippen LogP contribution in [0.1, 0.15) is 50.7 Å². The predicted octanol–water partition coefficient (Wildman–Crippen LogP) is 3.87. The highest BCUT2D eigenvalue weighted by Crippen LogP contribution is 2.36. The topological polar surface area (TPSA) is 20.3 Å². The maximum absolute atomic E-state index is 13.0. The number of Topliss-reactive ketones (excluding diaryl/α,β-unsaturated/α-hetero) is 1. The van der Waals surface area contributed by atoms with E-state index < -0.39 is 0 Å². The van der Waals surface area contributed by atoms with Crippen molar-refractivity contribution in [2.45, 2.75) is 57.9 Å². The van der Waals surface area contributed by atoms with Crippen LogP contribution < -0.4 is 0 Å². The second-order valence-electron chi connectivity index (χ2n) is 6.88. The number of hydrogen-bond donors (Lipinski definition) is 0. The van der Waals surface area contributed by atoms with Gasteiger partial charge >= 0.3 is 0 Å². The van der Waals surface area contributed by atoms with Gasteiger partial charge < -0.3 is 0 Å². The number of aryl methyl sites for hydroxylation is 1. The quantitative estimate of drug-likeness (QED) is 0.819. The van der Waals surface area contributed by atoms with E-state index in [2.05, 4.69) is 57.1 Å². The van der Waals surface area contributed by atoms with Gasteiger partial charge in [-0.05, 0) is 63.2 Å². The minimum atomic E-state index is -0.240. The van der Waals surface area contributed by atoms with E-state index in [4.69, 9.17) is 0 Å². The van der Waals surface area contributed by atoms with Crippen molar-refractivity contribution in [3.63, 3.8) is 0 Å². The zero-order chi connectivity index (χ0) is 15.5. The molecule has 0 spiro atoms. The molecule has 2 heteroatoms. The Balaban J connectivity index is 2.11. The van der Waals surface area contributed by atoms with Gasteiger partial charge in [0.15, 0.2) is 5.78 Å². The first-order valence-corrected chi connectivity index (χ1v) is 8.26. The Kier molecular flexibility index (Phi) is 5.21. The third-order valence-electron chi connectivity index (χ3n) is 5.27. The van der Waals surface area contributed by atoms with E-state index in [1.54, 1.807) is 0 Å². The molecule has 0 aliphatic heterocycles. The first-order chi connectivity index (χ1) is 9.98. The lowest BCUT2D eigenvalue weighted by molar-refractivity contribution is -0.131. The Morgan fingerprint density at radius 3 is 2.14 bits per heavy atom. The fraction of sp³-hybridized carbons (Fsp3) is 0.632. The molecule has 0 saturated heterocycles. The lowest BCUT2D eigenvalue weighted by Crippen LogP contribution is -2.53. The van der Waals surface area contributed by atoms with E-state index in [1.165, 1.54) is 18.4 Å². The number of hydrogen-bond acceptors (Lipinski definition) is 2. The molecule has 2 nitrogen and oxygen atoms in total. The first-order valence-electron chi connectivity index (χ1n) is 8.26. The number of carbonyl (C=O) groups excluding carboxylic acids is 1. The third-order valence-corrected chi connectivity index (χ3v) is 5.27. The van der Waals surface area contributed by atoms with Gasteiger partial charge in [-0.1, -0.05) is 38.1 Å². The number of carbonyl (C=O) groups is 1. The van der Waals surface area contributed by atoms with Crippen LogP contribution in [0.3, 0.4) is 0 Å². The van der Waals surface area contributed by atoms with Crippen LogP contribution in [0.15, 0.2) is 24.3 Å². The van der Waals surface area contributed by atoms with Gasteiger partial charge in [0.05, 0.1) is 5.54 Å². The number of nitrogens with zero attached hydrogens (tertiary/aromatic N) is 1. The van der Waals surface area contributed by atoms with Crippen LogP contribution in [0.4, 0.5) is 0 Å². The molecule has 1 saturated carbocycles. The largest absolute Gasteiger partial charge is 0.297 e. The zero-order valence-electron chi connectivity index (χ0n) is 14.0. The minimum absolute atomic E-state index is 0.240. The summed E-state index contributed by atoms with van der Waals surface area (Å²) in [5.74, 6) is 1.15. The SMILES string of the molecule is CCc1ccc(CC(=O)C2(N(C)C)CCC(C)CC2)cc1. The van der Waals surface area contributed by atoms with Crippen molar-refractivity contribution in [2.24, 2.45) is 5.92 Å². The van der Waals surface area contributed by atoms with Gasteiger partial charge in [0.2, 0.25) is 0 Å². The van der Waals surface area contributed by atoms with Crippen molar-refractivity contribution in [2.75, 3.05) is 14.1 Å². The van der Waals surface area contributed by atoms with Crippen molar-refractivity contribution in [1.29, 1.82) is 0 Å². The van der Waals surface area contributed by atoms with Crippen LogP contribution in [0.5, 0.6) is 0 Å². The molecular weight excluding hydrogens is 258 g/mol. The zero-order valence-corrected chi connectivity index (χ0v) is 14.0. The maximum atomic E-state index is 13.0. The molecule has 1 aromatic carbocycles. The highest BCUT2D eigenvalue weighted by Gasteiger charge is 2.42. The van der Waals surface area contributed by atoms with Gasteiger partial charge in [0, 0.05) is 6.42 Å². The van der Waals surface area contributed by atoms with Crippen LogP contribution in [0, 0.1) is 5.92 Å². The molecule has 0 heterocycles. The predicted molar refractivity (Wildman–Crippen MR) is 88.6 cm³/mol. The molecule has 1 fully saturated rings. The summed E-state index contributed by atoms with van der Waals surface area (Å²) in [6.45, 7) is 4.46. The lowest BCUT2D eigenvalue weighted by Gasteiger charge is -2.43. The first kappa shape index (κ1) is 16.2. The van der Waals surface area contributed by atoms with E-state index in [1.807, 2.05) is 0 Å². The third kappa shape index (κ3) is 3.55. The van der Waals surface area contributed by atoms with E-state index in [0.717, 1.165) is 30.7 Å². The summed E-state index contributed by atoms with van der Waals surface area (Å²) in [6, 6.07) is 8.53. The summed E-state index contributed by atoms with van der Waals surface area (Å²) in [6.07, 6.45) is 5.96. The fourth-order valence-electron chi connectivity index (χ4n) is 3.46. The summed E-state index contributed by atoms with van der Waals surface area (Å²) >= 11 is 0. The number of likely N-dealkylation sites (N-methyl/N-ethyl adjacent to an activating group) is 1. The van der Waals surface area contributed by atoms with Crippen molar-refractivity contribution in [3.05, 3.63) is 35.4 Å². The Morgan fingerprint density at radius 1 is 1.14 bits per heavy atom. The van der Waals surface area contributed by atoms with Crippen molar-refractivity contribution >= 4 is 5.78 Å². The highest BCUT2D eigenvalue weighted by atomic mass is 16.1.